The quantitative estimate of drug-likeness (QED) is 0.162. The molecule has 11 rings (SSSR count). The van der Waals surface area contributed by atoms with Crippen LogP contribution < -0.4 is 4.90 Å². The van der Waals surface area contributed by atoms with Gasteiger partial charge in [0.25, 0.3) is 0 Å². The summed E-state index contributed by atoms with van der Waals surface area (Å²) in [4.78, 5) is 2.34. The van der Waals surface area contributed by atoms with Crippen molar-refractivity contribution < 1.29 is 4.42 Å². The maximum Gasteiger partial charge on any atom is 0.136 e. The lowest BCUT2D eigenvalue weighted by Gasteiger charge is -2.26. The van der Waals surface area contributed by atoms with E-state index >= 15 is 0 Å². The zero-order chi connectivity index (χ0) is 38.4. The molecule has 0 radical (unpaired) electrons. The van der Waals surface area contributed by atoms with Gasteiger partial charge in [-0.3, -0.25) is 0 Å². The number of benzene rings is 10. The first-order chi connectivity index (χ1) is 28.7. The third-order valence-corrected chi connectivity index (χ3v) is 11.4. The summed E-state index contributed by atoms with van der Waals surface area (Å²) in [6.45, 7) is 0. The number of nitrogens with zero attached hydrogens (tertiary/aromatic N) is 1. The minimum absolute atomic E-state index is 0.900. The Labute approximate surface area is 337 Å². The van der Waals surface area contributed by atoms with Gasteiger partial charge in [0.1, 0.15) is 11.2 Å². The molecule has 0 N–H and O–H groups in total. The van der Waals surface area contributed by atoms with Crippen molar-refractivity contribution in [1.82, 2.24) is 0 Å². The van der Waals surface area contributed by atoms with E-state index in [1.807, 2.05) is 6.07 Å². The number of furan rings is 1. The zero-order valence-corrected chi connectivity index (χ0v) is 31.7. The normalized spacial score (nSPS) is 11.4. The van der Waals surface area contributed by atoms with Gasteiger partial charge in [-0.05, 0) is 133 Å². The van der Waals surface area contributed by atoms with Crippen LogP contribution in [0.5, 0.6) is 0 Å². The molecule has 272 valence electrons. The van der Waals surface area contributed by atoms with E-state index in [-0.39, 0.29) is 0 Å². The van der Waals surface area contributed by atoms with Gasteiger partial charge in [0, 0.05) is 27.8 Å². The summed E-state index contributed by atoms with van der Waals surface area (Å²) in [5, 5.41) is 7.09. The highest BCUT2D eigenvalue weighted by Crippen LogP contribution is 2.43. The molecule has 0 fully saturated rings. The Morgan fingerprint density at radius 1 is 0.276 bits per heavy atom. The highest BCUT2D eigenvalue weighted by atomic mass is 16.3. The van der Waals surface area contributed by atoms with Gasteiger partial charge in [-0.1, -0.05) is 158 Å². The van der Waals surface area contributed by atoms with E-state index in [2.05, 4.69) is 223 Å². The van der Waals surface area contributed by atoms with Crippen molar-refractivity contribution in [3.8, 4) is 44.5 Å². The first kappa shape index (κ1) is 33.6. The van der Waals surface area contributed by atoms with E-state index in [0.29, 0.717) is 0 Å². The molecule has 58 heavy (non-hydrogen) atoms. The Morgan fingerprint density at radius 3 is 1.59 bits per heavy atom. The minimum atomic E-state index is 0.900. The van der Waals surface area contributed by atoms with Crippen molar-refractivity contribution >= 4 is 60.5 Å². The predicted molar refractivity (Wildman–Crippen MR) is 245 cm³/mol. The molecule has 0 saturated carbocycles. The zero-order valence-electron chi connectivity index (χ0n) is 31.7. The molecule has 0 aliphatic carbocycles. The molecule has 0 bridgehead atoms. The fraction of sp³-hybridized carbons (Fsp3) is 0. The Morgan fingerprint density at radius 2 is 0.810 bits per heavy atom. The maximum atomic E-state index is 6.50. The lowest BCUT2D eigenvalue weighted by molar-refractivity contribution is 0.669. The van der Waals surface area contributed by atoms with Gasteiger partial charge >= 0.3 is 0 Å². The second-order valence-corrected chi connectivity index (χ2v) is 14.9. The Balaban J connectivity index is 1.01. The Kier molecular flexibility index (Phi) is 8.19. The summed E-state index contributed by atoms with van der Waals surface area (Å²) >= 11 is 0. The molecule has 1 aromatic heterocycles. The second-order valence-electron chi connectivity index (χ2n) is 14.9. The van der Waals surface area contributed by atoms with Crippen LogP contribution in [-0.4, -0.2) is 0 Å². The topological polar surface area (TPSA) is 16.4 Å². The Bertz CT molecular complexity index is 3260. The van der Waals surface area contributed by atoms with Gasteiger partial charge in [-0.2, -0.15) is 0 Å². The molecule has 0 saturated heterocycles. The van der Waals surface area contributed by atoms with Gasteiger partial charge < -0.3 is 9.32 Å². The number of fused-ring (bicyclic) bond motifs is 6. The number of rotatable bonds is 7. The van der Waals surface area contributed by atoms with Crippen molar-refractivity contribution in [3.63, 3.8) is 0 Å². The fourth-order valence-electron chi connectivity index (χ4n) is 8.56. The molecule has 1 heterocycles. The average Bonchev–Trinajstić information content (AvgIpc) is 3.68. The molecule has 0 atom stereocenters. The van der Waals surface area contributed by atoms with Gasteiger partial charge in [0.15, 0.2) is 0 Å². The van der Waals surface area contributed by atoms with E-state index < -0.39 is 0 Å². The molecule has 2 nitrogen and oxygen atoms in total. The molecule has 0 amide bonds. The van der Waals surface area contributed by atoms with Crippen molar-refractivity contribution in [2.45, 2.75) is 0 Å². The molecule has 0 aliphatic heterocycles. The Hall–Kier alpha value is -7.68. The van der Waals surface area contributed by atoms with Crippen LogP contribution >= 0.6 is 0 Å². The van der Waals surface area contributed by atoms with Crippen LogP contribution in [0.1, 0.15) is 0 Å². The van der Waals surface area contributed by atoms with E-state index in [1.54, 1.807) is 0 Å². The monoisotopic (exact) mass is 739 g/mol. The average molecular weight is 740 g/mol. The number of para-hydroxylation sites is 2. The number of anilines is 3. The van der Waals surface area contributed by atoms with Crippen LogP contribution in [0.3, 0.4) is 0 Å². The van der Waals surface area contributed by atoms with Crippen LogP contribution in [0.25, 0.3) is 88.0 Å². The molecule has 10 aromatic carbocycles. The minimum Gasteiger partial charge on any atom is -0.456 e. The molecule has 0 aliphatic rings. The molecule has 0 unspecified atom stereocenters. The van der Waals surface area contributed by atoms with Gasteiger partial charge in [0.05, 0.1) is 0 Å². The third kappa shape index (κ3) is 6.00. The van der Waals surface area contributed by atoms with E-state index in [4.69, 9.17) is 4.42 Å². The van der Waals surface area contributed by atoms with Crippen molar-refractivity contribution in [1.29, 1.82) is 0 Å². The second kappa shape index (κ2) is 14.1. The number of hydrogen-bond acceptors (Lipinski definition) is 2. The van der Waals surface area contributed by atoms with Crippen molar-refractivity contribution in [2.75, 3.05) is 4.90 Å². The molecular weight excluding hydrogens is 703 g/mol. The maximum absolute atomic E-state index is 6.50. The van der Waals surface area contributed by atoms with E-state index in [9.17, 15) is 0 Å². The first-order valence-electron chi connectivity index (χ1n) is 19.8. The highest BCUT2D eigenvalue weighted by Gasteiger charge is 2.18. The summed E-state index contributed by atoms with van der Waals surface area (Å²) in [6.07, 6.45) is 0. The van der Waals surface area contributed by atoms with Gasteiger partial charge in [-0.25, -0.2) is 0 Å². The smallest absolute Gasteiger partial charge is 0.136 e. The summed E-state index contributed by atoms with van der Waals surface area (Å²) in [5.74, 6) is 0. The van der Waals surface area contributed by atoms with Crippen LogP contribution in [0.2, 0.25) is 0 Å². The van der Waals surface area contributed by atoms with Crippen molar-refractivity contribution in [3.05, 3.63) is 224 Å². The van der Waals surface area contributed by atoms with Gasteiger partial charge in [0.2, 0.25) is 0 Å². The third-order valence-electron chi connectivity index (χ3n) is 11.4. The fourth-order valence-corrected chi connectivity index (χ4v) is 8.56. The summed E-state index contributed by atoms with van der Waals surface area (Å²) in [6, 6.07) is 80.6. The lowest BCUT2D eigenvalue weighted by atomic mass is 9.91. The first-order valence-corrected chi connectivity index (χ1v) is 19.8. The highest BCUT2D eigenvalue weighted by molar-refractivity contribution is 6.22. The van der Waals surface area contributed by atoms with E-state index in [1.165, 1.54) is 43.8 Å². The lowest BCUT2D eigenvalue weighted by Crippen LogP contribution is -2.09. The SMILES string of the molecule is c1ccc(-c2cccc(-c3cc4oc5ccccc5c4c4ccc(-c5ccc(N(c6ccccc6)c6ccc7cc(-c8ccccc8)ccc7c6)cc5)cc34)c2)cc1. The van der Waals surface area contributed by atoms with Crippen LogP contribution in [0.4, 0.5) is 17.1 Å². The van der Waals surface area contributed by atoms with Crippen LogP contribution in [-0.2, 0) is 0 Å². The largest absolute Gasteiger partial charge is 0.456 e. The molecule has 0 spiro atoms. The van der Waals surface area contributed by atoms with Crippen LogP contribution in [0, 0.1) is 0 Å². The number of hydrogen-bond donors (Lipinski definition) is 0. The van der Waals surface area contributed by atoms with Gasteiger partial charge in [-0.15, -0.1) is 0 Å². The molecule has 11 aromatic rings. The summed E-state index contributed by atoms with van der Waals surface area (Å²) < 4.78 is 6.50. The van der Waals surface area contributed by atoms with Crippen LogP contribution in [0.15, 0.2) is 229 Å². The standard InChI is InChI=1S/C56H37NO/c1-4-13-38(14-5-1)41-17-12-18-46(34-41)52-37-55-56(51-21-10-11-22-54(51)58-55)50-32-28-45(36-53(50)52)40-25-29-48(30-26-40)57(47-19-8-3-9-20-47)49-31-27-43-33-42(23-24-44(43)35-49)39-15-6-2-7-16-39/h1-37H. The van der Waals surface area contributed by atoms with E-state index in [0.717, 1.165) is 61.3 Å². The predicted octanol–water partition coefficient (Wildman–Crippen LogP) is 16.0. The molecular formula is C56H37NO. The summed E-state index contributed by atoms with van der Waals surface area (Å²) in [5.41, 5.74) is 14.6. The van der Waals surface area contributed by atoms with Crippen molar-refractivity contribution in [2.24, 2.45) is 0 Å². The molecule has 2 heteroatoms. The summed E-state index contributed by atoms with van der Waals surface area (Å²) in [7, 11) is 0.